The number of rotatable bonds is 7. The molecule has 2 aliphatic heterocycles. The fourth-order valence-corrected chi connectivity index (χ4v) is 6.20. The molecular formula is C23H32N6O5S. The zero-order valence-electron chi connectivity index (χ0n) is 20.2. The highest BCUT2D eigenvalue weighted by molar-refractivity contribution is 7.89. The molecule has 0 bridgehead atoms. The number of carbonyl (C=O) groups is 1. The number of hydrogen-bond donors (Lipinski definition) is 0. The molecule has 1 aromatic carbocycles. The molecule has 0 radical (unpaired) electrons. The Balaban J connectivity index is 1.27. The quantitative estimate of drug-likeness (QED) is 0.417. The van der Waals surface area contributed by atoms with Crippen molar-refractivity contribution in [3.8, 4) is 0 Å². The van der Waals surface area contributed by atoms with Crippen LogP contribution in [0.25, 0.3) is 0 Å². The van der Waals surface area contributed by atoms with E-state index in [1.165, 1.54) is 34.1 Å². The minimum absolute atomic E-state index is 0.0312. The number of aryl methyl sites for hydroxylation is 2. The lowest BCUT2D eigenvalue weighted by atomic mass is 9.96. The fraction of sp³-hybridized carbons (Fsp3) is 0.565. The van der Waals surface area contributed by atoms with Crippen LogP contribution in [0.2, 0.25) is 0 Å². The lowest BCUT2D eigenvalue weighted by molar-refractivity contribution is -0.384. The molecule has 2 aromatic rings. The second-order valence-corrected chi connectivity index (χ2v) is 11.1. The number of amides is 1. The number of piperazine rings is 1. The van der Waals surface area contributed by atoms with E-state index in [9.17, 15) is 23.3 Å². The molecular weight excluding hydrogens is 472 g/mol. The number of piperidine rings is 1. The molecule has 2 aliphatic rings. The molecule has 0 saturated carbocycles. The number of nitrogens with zero attached hydrogens (tertiary/aromatic N) is 6. The maximum absolute atomic E-state index is 13.1. The first-order valence-electron chi connectivity index (χ1n) is 12.0. The summed E-state index contributed by atoms with van der Waals surface area (Å²) < 4.78 is 29.2. The molecule has 2 fully saturated rings. The van der Waals surface area contributed by atoms with Crippen LogP contribution in [0.15, 0.2) is 35.4 Å². The number of hydrogen-bond acceptors (Lipinski definition) is 7. The third-order valence-electron chi connectivity index (χ3n) is 6.94. The van der Waals surface area contributed by atoms with E-state index < -0.39 is 14.9 Å². The zero-order valence-corrected chi connectivity index (χ0v) is 21.0. The van der Waals surface area contributed by atoms with Crippen molar-refractivity contribution in [2.75, 3.05) is 39.3 Å². The van der Waals surface area contributed by atoms with E-state index in [0.717, 1.165) is 31.9 Å². The third kappa shape index (κ3) is 5.54. The van der Waals surface area contributed by atoms with Crippen molar-refractivity contribution in [2.24, 2.45) is 5.92 Å². The molecule has 0 unspecified atom stereocenters. The van der Waals surface area contributed by atoms with E-state index in [-0.39, 0.29) is 35.5 Å². The van der Waals surface area contributed by atoms with E-state index in [1.807, 2.05) is 16.5 Å². The van der Waals surface area contributed by atoms with E-state index in [2.05, 4.69) is 23.1 Å². The Labute approximate surface area is 205 Å². The van der Waals surface area contributed by atoms with Crippen LogP contribution in [0.1, 0.15) is 31.0 Å². The highest BCUT2D eigenvalue weighted by atomic mass is 32.2. The van der Waals surface area contributed by atoms with Gasteiger partial charge in [0.25, 0.3) is 5.69 Å². The van der Waals surface area contributed by atoms with Gasteiger partial charge >= 0.3 is 0 Å². The smallest absolute Gasteiger partial charge is 0.269 e. The summed E-state index contributed by atoms with van der Waals surface area (Å²) in [5, 5.41) is 15.3. The van der Waals surface area contributed by atoms with Crippen molar-refractivity contribution in [1.29, 1.82) is 0 Å². The van der Waals surface area contributed by atoms with Crippen LogP contribution in [-0.4, -0.2) is 82.4 Å². The lowest BCUT2D eigenvalue weighted by Gasteiger charge is -2.38. The molecule has 11 nitrogen and oxygen atoms in total. The first kappa shape index (κ1) is 25.3. The van der Waals surface area contributed by atoms with Crippen molar-refractivity contribution in [2.45, 2.75) is 44.7 Å². The molecule has 0 aliphatic carbocycles. The topological polar surface area (TPSA) is 122 Å². The summed E-state index contributed by atoms with van der Waals surface area (Å²) in [7, 11) is -3.75. The van der Waals surface area contributed by atoms with Gasteiger partial charge in [0.1, 0.15) is 0 Å². The van der Waals surface area contributed by atoms with Crippen molar-refractivity contribution < 1.29 is 18.1 Å². The Morgan fingerprint density at radius 1 is 1.09 bits per heavy atom. The number of carbonyl (C=O) groups excluding carboxylic acids is 1. The summed E-state index contributed by atoms with van der Waals surface area (Å²) >= 11 is 0. The van der Waals surface area contributed by atoms with Gasteiger partial charge < -0.3 is 4.90 Å². The average Bonchev–Trinajstić information content (AvgIpc) is 3.23. The summed E-state index contributed by atoms with van der Waals surface area (Å²) in [5.74, 6) is -0.0816. The highest BCUT2D eigenvalue weighted by Gasteiger charge is 2.35. The molecule has 0 N–H and O–H groups in total. The van der Waals surface area contributed by atoms with Crippen LogP contribution in [0.4, 0.5) is 5.69 Å². The third-order valence-corrected chi connectivity index (χ3v) is 8.85. The van der Waals surface area contributed by atoms with E-state index >= 15 is 0 Å². The van der Waals surface area contributed by atoms with Crippen molar-refractivity contribution in [3.05, 3.63) is 51.8 Å². The molecule has 1 amide bonds. The molecule has 190 valence electrons. The number of nitro groups is 1. The van der Waals surface area contributed by atoms with Gasteiger partial charge in [-0.15, -0.1) is 0 Å². The van der Waals surface area contributed by atoms with Gasteiger partial charge in [-0.2, -0.15) is 9.40 Å². The van der Waals surface area contributed by atoms with Crippen molar-refractivity contribution in [1.82, 2.24) is 23.9 Å². The van der Waals surface area contributed by atoms with Gasteiger partial charge in [-0.3, -0.25) is 24.5 Å². The van der Waals surface area contributed by atoms with Gasteiger partial charge in [0.05, 0.1) is 15.5 Å². The highest BCUT2D eigenvalue weighted by Crippen LogP contribution is 2.26. The second kappa shape index (κ2) is 10.4. The molecule has 0 atom stereocenters. The molecule has 1 aromatic heterocycles. The Kier molecular flexibility index (Phi) is 7.53. The monoisotopic (exact) mass is 504 g/mol. The van der Waals surface area contributed by atoms with E-state index in [1.54, 1.807) is 0 Å². The van der Waals surface area contributed by atoms with Crippen LogP contribution >= 0.6 is 0 Å². The minimum Gasteiger partial charge on any atom is -0.340 e. The van der Waals surface area contributed by atoms with Gasteiger partial charge in [-0.05, 0) is 38.8 Å². The molecule has 3 heterocycles. The number of non-ortho nitro benzene ring substituents is 1. The maximum atomic E-state index is 13.1. The lowest BCUT2D eigenvalue weighted by Crippen LogP contribution is -2.51. The predicted molar refractivity (Wildman–Crippen MR) is 129 cm³/mol. The molecule has 2 saturated heterocycles. The normalized spacial score (nSPS) is 18.6. The van der Waals surface area contributed by atoms with Gasteiger partial charge in [-0.25, -0.2) is 8.42 Å². The Morgan fingerprint density at radius 3 is 2.26 bits per heavy atom. The second-order valence-electron chi connectivity index (χ2n) is 9.13. The SMILES string of the molecule is CCn1cc(CN2CCN(C(=O)C3CCN(S(=O)(=O)c4ccc([N+](=O)[O-])cc4)CC3)CC2)c(C)n1. The Hall–Kier alpha value is -2.83. The number of benzene rings is 1. The first-order chi connectivity index (χ1) is 16.7. The van der Waals surface area contributed by atoms with Crippen LogP contribution < -0.4 is 0 Å². The fourth-order valence-electron chi connectivity index (χ4n) is 4.73. The summed E-state index contributed by atoms with van der Waals surface area (Å²) in [5.41, 5.74) is 2.11. The molecule has 12 heteroatoms. The number of aromatic nitrogens is 2. The largest absolute Gasteiger partial charge is 0.340 e. The molecule has 0 spiro atoms. The summed E-state index contributed by atoms with van der Waals surface area (Å²) in [4.78, 5) is 27.6. The van der Waals surface area contributed by atoms with Crippen LogP contribution in [0.3, 0.4) is 0 Å². The number of sulfonamides is 1. The minimum atomic E-state index is -3.75. The van der Waals surface area contributed by atoms with E-state index in [0.29, 0.717) is 25.9 Å². The molecule has 4 rings (SSSR count). The summed E-state index contributed by atoms with van der Waals surface area (Å²) in [6.07, 6.45) is 3.03. The van der Waals surface area contributed by atoms with Crippen molar-refractivity contribution in [3.63, 3.8) is 0 Å². The summed E-state index contributed by atoms with van der Waals surface area (Å²) in [6.45, 7) is 9.22. The van der Waals surface area contributed by atoms with Crippen LogP contribution in [0, 0.1) is 23.0 Å². The average molecular weight is 505 g/mol. The standard InChI is InChI=1S/C23H32N6O5S/c1-3-27-17-20(18(2)24-27)16-25-12-14-26(15-13-25)23(30)19-8-10-28(11-9-19)35(33,34)22-6-4-21(5-7-22)29(31)32/h4-7,17,19H,3,8-16H2,1-2H3. The predicted octanol–water partition coefficient (Wildman–Crippen LogP) is 1.86. The van der Waals surface area contributed by atoms with E-state index in [4.69, 9.17) is 0 Å². The van der Waals surface area contributed by atoms with Gasteiger partial charge in [0.2, 0.25) is 15.9 Å². The Bertz CT molecular complexity index is 1160. The maximum Gasteiger partial charge on any atom is 0.269 e. The Morgan fingerprint density at radius 2 is 1.71 bits per heavy atom. The molecule has 35 heavy (non-hydrogen) atoms. The zero-order chi connectivity index (χ0) is 25.2. The first-order valence-corrected chi connectivity index (χ1v) is 13.4. The van der Waals surface area contributed by atoms with Gasteiger partial charge in [-0.1, -0.05) is 0 Å². The van der Waals surface area contributed by atoms with Crippen LogP contribution in [0.5, 0.6) is 0 Å². The summed E-state index contributed by atoms with van der Waals surface area (Å²) in [6, 6.07) is 4.91. The van der Waals surface area contributed by atoms with Gasteiger partial charge in [0, 0.05) is 82.2 Å². The van der Waals surface area contributed by atoms with Gasteiger partial charge in [0.15, 0.2) is 0 Å². The number of nitro benzene ring substituents is 1. The van der Waals surface area contributed by atoms with Crippen molar-refractivity contribution >= 4 is 21.6 Å². The van der Waals surface area contributed by atoms with Crippen LogP contribution in [-0.2, 0) is 27.9 Å².